The molecular formula is C9H10N2O3. The van der Waals surface area contributed by atoms with Gasteiger partial charge in [-0.05, 0) is 12.1 Å². The first-order valence-electron chi connectivity index (χ1n) is 3.95. The van der Waals surface area contributed by atoms with Crippen molar-refractivity contribution in [1.29, 1.82) is 0 Å². The summed E-state index contributed by atoms with van der Waals surface area (Å²) in [5, 5.41) is 10.9. The summed E-state index contributed by atoms with van der Waals surface area (Å²) in [7, 11) is 0. The van der Waals surface area contributed by atoms with Gasteiger partial charge in [0.2, 0.25) is 5.91 Å². The van der Waals surface area contributed by atoms with Crippen LogP contribution in [-0.2, 0) is 4.79 Å². The maximum Gasteiger partial charge on any atom is 0.337 e. The fourth-order valence-corrected chi connectivity index (χ4v) is 0.728. The third kappa shape index (κ3) is 3.14. The van der Waals surface area contributed by atoms with Gasteiger partial charge in [-0.2, -0.15) is 0 Å². The molecule has 74 valence electrons. The van der Waals surface area contributed by atoms with Crippen molar-refractivity contribution < 1.29 is 14.7 Å². The molecule has 2 rings (SSSR count). The number of carbonyl (C=O) groups is 2. The van der Waals surface area contributed by atoms with Crippen LogP contribution in [0.25, 0.3) is 0 Å². The van der Waals surface area contributed by atoms with Crippen molar-refractivity contribution in [3.05, 3.63) is 29.8 Å². The SMILES string of the molecule is Nc1ccccc1C(=O)O.O=C1CN1. The number of para-hydroxylation sites is 1. The van der Waals surface area contributed by atoms with E-state index in [0.717, 1.165) is 0 Å². The van der Waals surface area contributed by atoms with Gasteiger partial charge in [0.15, 0.2) is 0 Å². The van der Waals surface area contributed by atoms with Crippen LogP contribution in [0, 0.1) is 0 Å². The fourth-order valence-electron chi connectivity index (χ4n) is 0.728. The Morgan fingerprint density at radius 2 is 1.93 bits per heavy atom. The normalized spacial score (nSPS) is 12.1. The number of nitrogens with one attached hydrogen (secondary N) is 1. The van der Waals surface area contributed by atoms with Crippen molar-refractivity contribution in [3.8, 4) is 0 Å². The summed E-state index contributed by atoms with van der Waals surface area (Å²) in [5.74, 6) is -0.821. The Morgan fingerprint density at radius 1 is 1.43 bits per heavy atom. The highest BCUT2D eigenvalue weighted by atomic mass is 16.4. The topological polar surface area (TPSA) is 102 Å². The molecular weight excluding hydrogens is 184 g/mol. The Kier molecular flexibility index (Phi) is 3.06. The minimum Gasteiger partial charge on any atom is -0.478 e. The highest BCUT2D eigenvalue weighted by Gasteiger charge is 2.10. The number of carboxylic acid groups (broad SMARTS) is 1. The van der Waals surface area contributed by atoms with Crippen molar-refractivity contribution in [1.82, 2.24) is 5.32 Å². The lowest BCUT2D eigenvalue weighted by Gasteiger charge is -1.96. The van der Waals surface area contributed by atoms with Gasteiger partial charge >= 0.3 is 5.97 Å². The number of nitrogen functional groups attached to an aromatic ring is 1. The van der Waals surface area contributed by atoms with Crippen molar-refractivity contribution in [2.45, 2.75) is 0 Å². The van der Waals surface area contributed by atoms with E-state index in [1.807, 2.05) is 0 Å². The van der Waals surface area contributed by atoms with E-state index in [-0.39, 0.29) is 11.5 Å². The molecule has 0 radical (unpaired) electrons. The second-order valence-corrected chi connectivity index (χ2v) is 2.67. The van der Waals surface area contributed by atoms with Gasteiger partial charge in [0.1, 0.15) is 0 Å². The van der Waals surface area contributed by atoms with Crippen LogP contribution in [0.4, 0.5) is 5.69 Å². The summed E-state index contributed by atoms with van der Waals surface area (Å²) in [6.45, 7) is 0.597. The molecule has 0 saturated carbocycles. The predicted molar refractivity (Wildman–Crippen MR) is 50.8 cm³/mol. The number of amides is 1. The number of hydrogen-bond donors (Lipinski definition) is 3. The molecule has 1 aliphatic rings. The van der Waals surface area contributed by atoms with Crippen molar-refractivity contribution in [2.24, 2.45) is 0 Å². The van der Waals surface area contributed by atoms with E-state index in [0.29, 0.717) is 12.2 Å². The zero-order valence-electron chi connectivity index (χ0n) is 7.36. The van der Waals surface area contributed by atoms with Crippen LogP contribution in [0.15, 0.2) is 24.3 Å². The zero-order valence-corrected chi connectivity index (χ0v) is 7.36. The van der Waals surface area contributed by atoms with Gasteiger partial charge in [0.25, 0.3) is 0 Å². The van der Waals surface area contributed by atoms with E-state index in [4.69, 9.17) is 10.8 Å². The first kappa shape index (κ1) is 10.0. The summed E-state index contributed by atoms with van der Waals surface area (Å²) >= 11 is 0. The summed E-state index contributed by atoms with van der Waals surface area (Å²) in [4.78, 5) is 19.8. The predicted octanol–water partition coefficient (Wildman–Crippen LogP) is 0.0832. The second-order valence-electron chi connectivity index (χ2n) is 2.67. The number of nitrogens with two attached hydrogens (primary N) is 1. The third-order valence-corrected chi connectivity index (χ3v) is 1.51. The van der Waals surface area contributed by atoms with Crippen LogP contribution < -0.4 is 11.1 Å². The number of carbonyl (C=O) groups excluding carboxylic acids is 1. The largest absolute Gasteiger partial charge is 0.478 e. The van der Waals surface area contributed by atoms with Gasteiger partial charge in [-0.15, -0.1) is 0 Å². The van der Waals surface area contributed by atoms with Crippen LogP contribution in [0.2, 0.25) is 0 Å². The summed E-state index contributed by atoms with van der Waals surface area (Å²) < 4.78 is 0. The van der Waals surface area contributed by atoms with Gasteiger partial charge in [0, 0.05) is 5.69 Å². The highest BCUT2D eigenvalue weighted by Crippen LogP contribution is 2.08. The molecule has 4 N–H and O–H groups in total. The van der Waals surface area contributed by atoms with Gasteiger partial charge in [0.05, 0.1) is 12.1 Å². The Balaban J connectivity index is 0.000000203. The van der Waals surface area contributed by atoms with Crippen LogP contribution in [0.3, 0.4) is 0 Å². The molecule has 5 nitrogen and oxygen atoms in total. The Bertz CT molecular complexity index is 357. The fraction of sp³-hybridized carbons (Fsp3) is 0.111. The lowest BCUT2D eigenvalue weighted by atomic mass is 10.2. The van der Waals surface area contributed by atoms with Gasteiger partial charge in [-0.3, -0.25) is 4.79 Å². The second kappa shape index (κ2) is 4.27. The molecule has 14 heavy (non-hydrogen) atoms. The van der Waals surface area contributed by atoms with Crippen molar-refractivity contribution in [3.63, 3.8) is 0 Å². The smallest absolute Gasteiger partial charge is 0.337 e. The maximum absolute atomic E-state index is 10.3. The molecule has 0 bridgehead atoms. The standard InChI is InChI=1S/C7H7NO2.C2H3NO/c8-6-4-2-1-3-5(6)7(9)10;4-2-1-3-2/h1-4H,8H2,(H,9,10);1H2,(H,3,4). The van der Waals surface area contributed by atoms with E-state index < -0.39 is 5.97 Å². The molecule has 1 aromatic carbocycles. The first-order valence-corrected chi connectivity index (χ1v) is 3.95. The molecule has 0 atom stereocenters. The molecule has 1 aliphatic heterocycles. The maximum atomic E-state index is 10.3. The number of anilines is 1. The minimum absolute atomic E-state index is 0.155. The average Bonchev–Trinajstić information content (AvgIpc) is 2.89. The molecule has 1 amide bonds. The van der Waals surface area contributed by atoms with E-state index in [9.17, 15) is 9.59 Å². The third-order valence-electron chi connectivity index (χ3n) is 1.51. The van der Waals surface area contributed by atoms with E-state index in [1.165, 1.54) is 6.07 Å². The molecule has 0 spiro atoms. The van der Waals surface area contributed by atoms with Crippen LogP contribution >= 0.6 is 0 Å². The van der Waals surface area contributed by atoms with Gasteiger partial charge in [-0.1, -0.05) is 12.1 Å². The monoisotopic (exact) mass is 194 g/mol. The molecule has 1 aromatic rings. The average molecular weight is 194 g/mol. The molecule has 1 saturated heterocycles. The van der Waals surface area contributed by atoms with Crippen LogP contribution in [0.1, 0.15) is 10.4 Å². The van der Waals surface area contributed by atoms with Gasteiger partial charge < -0.3 is 16.2 Å². The lowest BCUT2D eigenvalue weighted by Crippen LogP contribution is -2.00. The Morgan fingerprint density at radius 3 is 2.21 bits per heavy atom. The molecule has 0 unspecified atom stereocenters. The zero-order chi connectivity index (χ0) is 10.6. The number of hydrogen-bond acceptors (Lipinski definition) is 3. The number of carboxylic acids is 1. The van der Waals surface area contributed by atoms with Crippen LogP contribution in [-0.4, -0.2) is 23.5 Å². The summed E-state index contributed by atoms with van der Waals surface area (Å²) in [6.07, 6.45) is 0. The first-order chi connectivity index (χ1) is 6.61. The van der Waals surface area contributed by atoms with Crippen LogP contribution in [0.5, 0.6) is 0 Å². The Labute approximate surface area is 80.5 Å². The molecule has 1 heterocycles. The summed E-state index contributed by atoms with van der Waals surface area (Å²) in [5.41, 5.74) is 5.80. The molecule has 5 heteroatoms. The number of rotatable bonds is 1. The highest BCUT2D eigenvalue weighted by molar-refractivity contribution is 5.93. The van der Waals surface area contributed by atoms with Crippen molar-refractivity contribution in [2.75, 3.05) is 12.3 Å². The van der Waals surface area contributed by atoms with E-state index in [2.05, 4.69) is 5.32 Å². The number of benzene rings is 1. The van der Waals surface area contributed by atoms with Crippen molar-refractivity contribution >= 4 is 17.6 Å². The van der Waals surface area contributed by atoms with Gasteiger partial charge in [-0.25, -0.2) is 4.79 Å². The van der Waals surface area contributed by atoms with E-state index in [1.54, 1.807) is 18.2 Å². The molecule has 0 aliphatic carbocycles. The quantitative estimate of drug-likeness (QED) is 0.435. The molecule has 1 fully saturated rings. The number of aromatic carboxylic acids is 1. The minimum atomic E-state index is -0.988. The Hall–Kier alpha value is -2.04. The lowest BCUT2D eigenvalue weighted by molar-refractivity contribution is -0.110. The molecule has 0 aromatic heterocycles. The summed E-state index contributed by atoms with van der Waals surface area (Å²) in [6, 6.07) is 6.36. The van der Waals surface area contributed by atoms with E-state index >= 15 is 0 Å².